The summed E-state index contributed by atoms with van der Waals surface area (Å²) in [4.78, 5) is 32.7. The number of benzene rings is 1. The number of methoxy groups -OCH3 is 1. The SMILES string of the molecule is COC(=O)Nc1nc2ccc(C(=O)OCCN3CCCC3)cc2[nH]1. The maximum Gasteiger partial charge on any atom is 0.413 e. The Morgan fingerprint density at radius 3 is 2.88 bits per heavy atom. The predicted octanol–water partition coefficient (Wildman–Crippen LogP) is 1.99. The topological polar surface area (TPSA) is 96.5 Å². The fourth-order valence-corrected chi connectivity index (χ4v) is 2.70. The van der Waals surface area contributed by atoms with E-state index in [1.807, 2.05) is 0 Å². The largest absolute Gasteiger partial charge is 0.461 e. The molecule has 1 aliphatic rings. The number of nitrogens with one attached hydrogen (secondary N) is 2. The third-order valence-corrected chi connectivity index (χ3v) is 3.96. The first-order valence-corrected chi connectivity index (χ1v) is 7.90. The lowest BCUT2D eigenvalue weighted by molar-refractivity contribution is 0.0472. The number of likely N-dealkylation sites (tertiary alicyclic amines) is 1. The van der Waals surface area contributed by atoms with E-state index in [0.717, 1.165) is 19.6 Å². The van der Waals surface area contributed by atoms with E-state index < -0.39 is 6.09 Å². The van der Waals surface area contributed by atoms with E-state index in [-0.39, 0.29) is 11.9 Å². The zero-order valence-corrected chi connectivity index (χ0v) is 13.5. The molecule has 1 fully saturated rings. The molecule has 0 radical (unpaired) electrons. The molecule has 3 rings (SSSR count). The number of hydrogen-bond donors (Lipinski definition) is 2. The van der Waals surface area contributed by atoms with Gasteiger partial charge in [0.05, 0.1) is 23.7 Å². The van der Waals surface area contributed by atoms with Crippen molar-refractivity contribution in [1.82, 2.24) is 14.9 Å². The van der Waals surface area contributed by atoms with Crippen LogP contribution < -0.4 is 5.32 Å². The van der Waals surface area contributed by atoms with Crippen LogP contribution in [-0.2, 0) is 9.47 Å². The number of ether oxygens (including phenoxy) is 2. The van der Waals surface area contributed by atoms with Crippen LogP contribution in [0.4, 0.5) is 10.7 Å². The Labute approximate surface area is 139 Å². The van der Waals surface area contributed by atoms with Crippen molar-refractivity contribution in [2.75, 3.05) is 38.7 Å². The summed E-state index contributed by atoms with van der Waals surface area (Å²) in [6.07, 6.45) is 1.81. The van der Waals surface area contributed by atoms with Gasteiger partial charge in [-0.15, -0.1) is 0 Å². The van der Waals surface area contributed by atoms with Crippen LogP contribution >= 0.6 is 0 Å². The van der Waals surface area contributed by atoms with Gasteiger partial charge in [-0.2, -0.15) is 0 Å². The van der Waals surface area contributed by atoms with Crippen LogP contribution in [0.15, 0.2) is 18.2 Å². The van der Waals surface area contributed by atoms with Crippen molar-refractivity contribution in [3.8, 4) is 0 Å². The van der Waals surface area contributed by atoms with Crippen molar-refractivity contribution < 1.29 is 19.1 Å². The van der Waals surface area contributed by atoms with Crippen molar-refractivity contribution >= 4 is 29.0 Å². The third kappa shape index (κ3) is 3.83. The number of carbonyl (C=O) groups excluding carboxylic acids is 2. The average Bonchev–Trinajstić information content (AvgIpc) is 3.22. The second-order valence-corrected chi connectivity index (χ2v) is 5.62. The number of anilines is 1. The molecule has 8 heteroatoms. The molecule has 0 saturated carbocycles. The minimum atomic E-state index is -0.615. The van der Waals surface area contributed by atoms with Gasteiger partial charge in [-0.25, -0.2) is 14.6 Å². The number of H-pyrrole nitrogens is 1. The van der Waals surface area contributed by atoms with Crippen LogP contribution in [-0.4, -0.2) is 60.3 Å². The van der Waals surface area contributed by atoms with Gasteiger partial charge in [0, 0.05) is 6.54 Å². The molecule has 0 unspecified atom stereocenters. The number of rotatable bonds is 5. The monoisotopic (exact) mass is 332 g/mol. The second kappa shape index (κ2) is 7.31. The van der Waals surface area contributed by atoms with Crippen LogP contribution in [0.5, 0.6) is 0 Å². The number of aromatic amines is 1. The molecule has 0 aliphatic carbocycles. The molecule has 2 aromatic rings. The number of nitrogens with zero attached hydrogens (tertiary/aromatic N) is 2. The van der Waals surface area contributed by atoms with Gasteiger partial charge in [-0.1, -0.05) is 0 Å². The summed E-state index contributed by atoms with van der Waals surface area (Å²) in [5, 5.41) is 2.45. The highest BCUT2D eigenvalue weighted by molar-refractivity contribution is 5.94. The molecule has 24 heavy (non-hydrogen) atoms. The normalized spacial score (nSPS) is 14.7. The first-order valence-electron chi connectivity index (χ1n) is 7.90. The number of amides is 1. The molecule has 0 atom stereocenters. The molecule has 1 amide bonds. The molecule has 2 heterocycles. The minimum absolute atomic E-state index is 0.261. The summed E-state index contributed by atoms with van der Waals surface area (Å²) in [7, 11) is 1.27. The first-order chi connectivity index (χ1) is 11.7. The molecule has 1 aliphatic heterocycles. The van der Waals surface area contributed by atoms with Gasteiger partial charge >= 0.3 is 12.1 Å². The van der Waals surface area contributed by atoms with Crippen molar-refractivity contribution in [2.24, 2.45) is 0 Å². The van der Waals surface area contributed by atoms with Crippen molar-refractivity contribution in [3.05, 3.63) is 23.8 Å². The summed E-state index contributed by atoms with van der Waals surface area (Å²) in [6, 6.07) is 5.01. The maximum atomic E-state index is 12.1. The minimum Gasteiger partial charge on any atom is -0.461 e. The van der Waals surface area contributed by atoms with Crippen LogP contribution in [0, 0.1) is 0 Å². The third-order valence-electron chi connectivity index (χ3n) is 3.96. The van der Waals surface area contributed by atoms with Crippen molar-refractivity contribution in [2.45, 2.75) is 12.8 Å². The lowest BCUT2D eigenvalue weighted by Gasteiger charge is -2.14. The molecule has 8 nitrogen and oxygen atoms in total. The lowest BCUT2D eigenvalue weighted by atomic mass is 10.2. The summed E-state index contributed by atoms with van der Waals surface area (Å²) in [6.45, 7) is 3.31. The fourth-order valence-electron chi connectivity index (χ4n) is 2.70. The molecule has 1 aromatic carbocycles. The molecule has 0 spiro atoms. The number of hydrogen-bond acceptors (Lipinski definition) is 6. The fraction of sp³-hybridized carbons (Fsp3) is 0.438. The van der Waals surface area contributed by atoms with Crippen LogP contribution in [0.2, 0.25) is 0 Å². The van der Waals surface area contributed by atoms with Crippen LogP contribution in [0.25, 0.3) is 11.0 Å². The van der Waals surface area contributed by atoms with Crippen molar-refractivity contribution in [3.63, 3.8) is 0 Å². The van der Waals surface area contributed by atoms with Crippen molar-refractivity contribution in [1.29, 1.82) is 0 Å². The molecule has 1 saturated heterocycles. The smallest absolute Gasteiger partial charge is 0.413 e. The quantitative estimate of drug-likeness (QED) is 0.813. The van der Waals surface area contributed by atoms with Gasteiger partial charge in [-0.05, 0) is 44.1 Å². The highest BCUT2D eigenvalue weighted by Gasteiger charge is 2.14. The molecule has 0 bridgehead atoms. The Balaban J connectivity index is 1.61. The summed E-state index contributed by atoms with van der Waals surface area (Å²) in [5.74, 6) is -0.107. The zero-order chi connectivity index (χ0) is 16.9. The zero-order valence-electron chi connectivity index (χ0n) is 13.5. The van der Waals surface area contributed by atoms with E-state index in [0.29, 0.717) is 23.2 Å². The van der Waals surface area contributed by atoms with Gasteiger partial charge in [0.2, 0.25) is 5.95 Å². The Morgan fingerprint density at radius 1 is 1.33 bits per heavy atom. The Kier molecular flexibility index (Phi) is 4.95. The molecule has 2 N–H and O–H groups in total. The molecular weight excluding hydrogens is 312 g/mol. The van der Waals surface area contributed by atoms with Gasteiger partial charge in [-0.3, -0.25) is 10.2 Å². The Bertz CT molecular complexity index is 737. The predicted molar refractivity (Wildman–Crippen MR) is 88.1 cm³/mol. The number of imidazole rings is 1. The molecular formula is C16H20N4O4. The Hall–Kier alpha value is -2.61. The van der Waals surface area contributed by atoms with Gasteiger partial charge in [0.25, 0.3) is 0 Å². The number of aromatic nitrogens is 2. The van der Waals surface area contributed by atoms with E-state index in [1.54, 1.807) is 18.2 Å². The van der Waals surface area contributed by atoms with E-state index in [2.05, 4.69) is 24.9 Å². The van der Waals surface area contributed by atoms with E-state index in [1.165, 1.54) is 20.0 Å². The van der Waals surface area contributed by atoms with Gasteiger partial charge < -0.3 is 14.5 Å². The maximum absolute atomic E-state index is 12.1. The van der Waals surface area contributed by atoms with Crippen LogP contribution in [0.1, 0.15) is 23.2 Å². The number of esters is 1. The summed E-state index contributed by atoms with van der Waals surface area (Å²) >= 11 is 0. The van der Waals surface area contributed by atoms with Crippen LogP contribution in [0.3, 0.4) is 0 Å². The highest BCUT2D eigenvalue weighted by atomic mass is 16.5. The molecule has 128 valence electrons. The lowest BCUT2D eigenvalue weighted by Crippen LogP contribution is -2.25. The second-order valence-electron chi connectivity index (χ2n) is 5.62. The standard InChI is InChI=1S/C16H20N4O4/c1-23-16(22)19-15-17-12-5-4-11(10-13(12)18-15)14(21)24-9-8-20-6-2-3-7-20/h4-5,10H,2-3,6-9H2,1H3,(H2,17,18,19,22). The first kappa shape index (κ1) is 16.3. The average molecular weight is 332 g/mol. The van der Waals surface area contributed by atoms with Gasteiger partial charge in [0.1, 0.15) is 6.61 Å². The number of fused-ring (bicyclic) bond motifs is 1. The summed E-state index contributed by atoms with van der Waals surface area (Å²) in [5.41, 5.74) is 1.71. The Morgan fingerprint density at radius 2 is 2.12 bits per heavy atom. The van der Waals surface area contributed by atoms with Gasteiger partial charge in [0.15, 0.2) is 0 Å². The highest BCUT2D eigenvalue weighted by Crippen LogP contribution is 2.17. The number of carbonyl (C=O) groups is 2. The summed E-state index contributed by atoms with van der Waals surface area (Å²) < 4.78 is 9.83. The van der Waals surface area contributed by atoms with E-state index >= 15 is 0 Å². The van der Waals surface area contributed by atoms with E-state index in [9.17, 15) is 9.59 Å². The van der Waals surface area contributed by atoms with E-state index in [4.69, 9.17) is 4.74 Å². The molecule has 1 aromatic heterocycles.